The Morgan fingerprint density at radius 3 is 2.88 bits per heavy atom. The third kappa shape index (κ3) is 2.08. The van der Waals surface area contributed by atoms with Crippen LogP contribution in [-0.2, 0) is 6.42 Å². The fourth-order valence-corrected chi connectivity index (χ4v) is 1.70. The van der Waals surface area contributed by atoms with Crippen molar-refractivity contribution < 1.29 is 14.3 Å². The zero-order valence-electron chi connectivity index (χ0n) is 9.16. The van der Waals surface area contributed by atoms with E-state index in [0.29, 0.717) is 0 Å². The van der Waals surface area contributed by atoms with E-state index in [4.69, 9.17) is 4.42 Å². The second-order valence-electron chi connectivity index (χ2n) is 3.86. The predicted octanol–water partition coefficient (Wildman–Crippen LogP) is 2.14. The number of fused-ring (bicyclic) bond motifs is 1. The quantitative estimate of drug-likeness (QED) is 0.788. The number of unbranched alkanes of at least 4 members (excludes halogenated alkanes) is 1. The Bertz CT molecular complexity index is 511. The maximum atomic E-state index is 10.7. The molecule has 3 nitrogen and oxygen atoms in total. The lowest BCUT2D eigenvalue weighted by Crippen LogP contribution is -2.21. The van der Waals surface area contributed by atoms with Gasteiger partial charge in [0.1, 0.15) is 11.3 Å². The highest BCUT2D eigenvalue weighted by molar-refractivity contribution is 5.91. The van der Waals surface area contributed by atoms with Crippen LogP contribution in [0.2, 0.25) is 0 Å². The van der Waals surface area contributed by atoms with Gasteiger partial charge in [-0.25, -0.2) is 0 Å². The van der Waals surface area contributed by atoms with E-state index in [9.17, 15) is 9.90 Å². The van der Waals surface area contributed by atoms with E-state index < -0.39 is 5.97 Å². The molecule has 0 aliphatic carbocycles. The summed E-state index contributed by atoms with van der Waals surface area (Å²) in [6.45, 7) is 2.12. The van der Waals surface area contributed by atoms with Crippen molar-refractivity contribution in [2.24, 2.45) is 0 Å². The van der Waals surface area contributed by atoms with Gasteiger partial charge in [0.15, 0.2) is 0 Å². The first kappa shape index (κ1) is 10.7. The number of carbonyl (C=O) groups is 1. The number of furan rings is 1. The second-order valence-corrected chi connectivity index (χ2v) is 3.86. The third-order valence-corrected chi connectivity index (χ3v) is 2.58. The highest BCUT2D eigenvalue weighted by Crippen LogP contribution is 2.21. The van der Waals surface area contributed by atoms with Gasteiger partial charge in [-0.15, -0.1) is 0 Å². The Hall–Kier alpha value is -1.77. The van der Waals surface area contributed by atoms with Crippen molar-refractivity contribution >= 4 is 16.9 Å². The monoisotopic (exact) mass is 217 g/mol. The summed E-state index contributed by atoms with van der Waals surface area (Å²) in [6, 6.07) is 6.67. The molecule has 0 saturated carbocycles. The number of carboxylic acids is 1. The molecule has 1 heterocycles. The molecule has 3 heteroatoms. The first-order chi connectivity index (χ1) is 7.70. The first-order valence-corrected chi connectivity index (χ1v) is 5.44. The second kappa shape index (κ2) is 4.39. The van der Waals surface area contributed by atoms with E-state index in [1.165, 1.54) is 6.07 Å². The van der Waals surface area contributed by atoms with Gasteiger partial charge in [-0.05, 0) is 36.2 Å². The van der Waals surface area contributed by atoms with Gasteiger partial charge in [0.2, 0.25) is 0 Å². The largest absolute Gasteiger partial charge is 0.545 e. The minimum atomic E-state index is -1.15. The maximum absolute atomic E-state index is 10.7. The highest BCUT2D eigenvalue weighted by atomic mass is 16.4. The number of benzene rings is 1. The van der Waals surface area contributed by atoms with Crippen LogP contribution in [0.4, 0.5) is 0 Å². The predicted molar refractivity (Wildman–Crippen MR) is 59.2 cm³/mol. The van der Waals surface area contributed by atoms with E-state index in [1.54, 1.807) is 12.1 Å². The maximum Gasteiger partial charge on any atom is 0.134 e. The summed E-state index contributed by atoms with van der Waals surface area (Å²) >= 11 is 0. The van der Waals surface area contributed by atoms with Gasteiger partial charge in [-0.3, -0.25) is 0 Å². The number of carboxylic acid groups (broad SMARTS) is 1. The van der Waals surface area contributed by atoms with Crippen LogP contribution in [0.3, 0.4) is 0 Å². The Balaban J connectivity index is 2.34. The molecule has 0 atom stereocenters. The van der Waals surface area contributed by atoms with Gasteiger partial charge in [0.05, 0.1) is 5.97 Å². The molecule has 1 aromatic heterocycles. The van der Waals surface area contributed by atoms with Gasteiger partial charge >= 0.3 is 0 Å². The van der Waals surface area contributed by atoms with Crippen molar-refractivity contribution in [1.82, 2.24) is 0 Å². The molecule has 0 amide bonds. The number of hydrogen-bond donors (Lipinski definition) is 0. The average molecular weight is 217 g/mol. The van der Waals surface area contributed by atoms with E-state index in [0.717, 1.165) is 36.0 Å². The Morgan fingerprint density at radius 1 is 1.38 bits per heavy atom. The molecule has 0 aliphatic heterocycles. The Kier molecular flexibility index (Phi) is 2.95. The van der Waals surface area contributed by atoms with Gasteiger partial charge in [0, 0.05) is 11.8 Å². The van der Waals surface area contributed by atoms with Crippen LogP contribution in [0, 0.1) is 0 Å². The highest BCUT2D eigenvalue weighted by Gasteiger charge is 2.04. The Morgan fingerprint density at radius 2 is 2.19 bits per heavy atom. The summed E-state index contributed by atoms with van der Waals surface area (Å²) < 4.78 is 5.59. The van der Waals surface area contributed by atoms with Crippen molar-refractivity contribution in [1.29, 1.82) is 0 Å². The van der Waals surface area contributed by atoms with Crippen molar-refractivity contribution in [3.05, 3.63) is 35.6 Å². The van der Waals surface area contributed by atoms with E-state index >= 15 is 0 Å². The smallest absolute Gasteiger partial charge is 0.134 e. The van der Waals surface area contributed by atoms with Crippen molar-refractivity contribution in [2.75, 3.05) is 0 Å². The molecule has 2 rings (SSSR count). The van der Waals surface area contributed by atoms with Crippen molar-refractivity contribution in [3.63, 3.8) is 0 Å². The number of aryl methyl sites for hydroxylation is 1. The lowest BCUT2D eigenvalue weighted by Gasteiger charge is -1.99. The summed E-state index contributed by atoms with van der Waals surface area (Å²) in [5, 5.41) is 11.5. The van der Waals surface area contributed by atoms with Crippen LogP contribution in [0.15, 0.2) is 28.7 Å². The molecule has 84 valence electrons. The summed E-state index contributed by atoms with van der Waals surface area (Å²) in [4.78, 5) is 10.7. The number of rotatable bonds is 4. The molecule has 16 heavy (non-hydrogen) atoms. The van der Waals surface area contributed by atoms with Gasteiger partial charge in [0.25, 0.3) is 0 Å². The van der Waals surface area contributed by atoms with Crippen LogP contribution in [-0.4, -0.2) is 5.97 Å². The summed E-state index contributed by atoms with van der Waals surface area (Å²) in [7, 11) is 0. The molecule has 0 spiro atoms. The molecular weight excluding hydrogens is 204 g/mol. The van der Waals surface area contributed by atoms with Crippen LogP contribution in [0.25, 0.3) is 11.0 Å². The molecule has 2 aromatic rings. The molecule has 0 unspecified atom stereocenters. The fourth-order valence-electron chi connectivity index (χ4n) is 1.70. The van der Waals surface area contributed by atoms with Gasteiger partial charge in [-0.1, -0.05) is 13.3 Å². The topological polar surface area (TPSA) is 53.3 Å². The number of aromatic carboxylic acids is 1. The normalized spacial score (nSPS) is 10.8. The average Bonchev–Trinajstić information content (AvgIpc) is 2.67. The summed E-state index contributed by atoms with van der Waals surface area (Å²) in [5.41, 5.74) is 0.923. The zero-order chi connectivity index (χ0) is 11.5. The molecule has 0 aliphatic rings. The van der Waals surface area contributed by atoms with Crippen molar-refractivity contribution in [2.45, 2.75) is 26.2 Å². The number of carbonyl (C=O) groups excluding carboxylic acids is 1. The molecule has 1 aromatic carbocycles. The molecule has 0 saturated heterocycles. The molecular formula is C13H13O3-. The van der Waals surface area contributed by atoms with E-state index in [2.05, 4.69) is 6.92 Å². The standard InChI is InChI=1S/C13H14O3/c1-2-3-4-11-8-10-7-9(13(14)15)5-6-12(10)16-11/h5-8H,2-4H2,1H3,(H,14,15)/p-1. The SMILES string of the molecule is CCCCc1cc2cc(C(=O)[O-])ccc2o1. The zero-order valence-corrected chi connectivity index (χ0v) is 9.16. The van der Waals surface area contributed by atoms with Crippen LogP contribution in [0.5, 0.6) is 0 Å². The van der Waals surface area contributed by atoms with Crippen LogP contribution in [0.1, 0.15) is 35.9 Å². The summed E-state index contributed by atoms with van der Waals surface area (Å²) in [5.74, 6) is -0.245. The van der Waals surface area contributed by atoms with E-state index in [-0.39, 0.29) is 5.56 Å². The van der Waals surface area contributed by atoms with E-state index in [1.807, 2.05) is 6.07 Å². The Labute approximate surface area is 93.7 Å². The molecule has 0 bridgehead atoms. The first-order valence-electron chi connectivity index (χ1n) is 5.44. The van der Waals surface area contributed by atoms with Crippen molar-refractivity contribution in [3.8, 4) is 0 Å². The molecule has 0 fully saturated rings. The van der Waals surface area contributed by atoms with Crippen LogP contribution >= 0.6 is 0 Å². The van der Waals surface area contributed by atoms with Gasteiger partial charge in [-0.2, -0.15) is 0 Å². The lowest BCUT2D eigenvalue weighted by molar-refractivity contribution is -0.255. The van der Waals surface area contributed by atoms with Gasteiger partial charge < -0.3 is 14.3 Å². The lowest BCUT2D eigenvalue weighted by atomic mass is 10.1. The number of hydrogen-bond acceptors (Lipinski definition) is 3. The minimum absolute atomic E-state index is 0.190. The molecule has 0 radical (unpaired) electrons. The minimum Gasteiger partial charge on any atom is -0.545 e. The fraction of sp³-hybridized carbons (Fsp3) is 0.308. The third-order valence-electron chi connectivity index (χ3n) is 2.58. The van der Waals surface area contributed by atoms with Crippen LogP contribution < -0.4 is 5.11 Å². The molecule has 0 N–H and O–H groups in total. The summed E-state index contributed by atoms with van der Waals surface area (Å²) in [6.07, 6.45) is 3.08.